The monoisotopic (exact) mass is 287 g/mol. The van der Waals surface area contributed by atoms with Gasteiger partial charge in [0.15, 0.2) is 0 Å². The van der Waals surface area contributed by atoms with Gasteiger partial charge in [-0.05, 0) is 25.5 Å². The molecule has 1 heterocycles. The number of hydrogen-bond acceptors (Lipinski definition) is 4. The predicted octanol–water partition coefficient (Wildman–Crippen LogP) is 3.89. The van der Waals surface area contributed by atoms with E-state index in [0.29, 0.717) is 5.92 Å². The summed E-state index contributed by atoms with van der Waals surface area (Å²) < 4.78 is 0. The normalized spacial score (nSPS) is 18.1. The van der Waals surface area contributed by atoms with Crippen LogP contribution < -0.4 is 5.32 Å². The molecule has 4 heteroatoms. The van der Waals surface area contributed by atoms with Crippen molar-refractivity contribution in [1.29, 1.82) is 0 Å². The van der Waals surface area contributed by atoms with Gasteiger partial charge in [-0.25, -0.2) is 0 Å². The highest BCUT2D eigenvalue weighted by molar-refractivity contribution is 7.11. The fourth-order valence-electron chi connectivity index (χ4n) is 2.96. The molecular formula is C16H21N3S. The zero-order valence-corrected chi connectivity index (χ0v) is 12.7. The summed E-state index contributed by atoms with van der Waals surface area (Å²) in [6, 6.07) is 10.6. The molecule has 20 heavy (non-hydrogen) atoms. The smallest absolute Gasteiger partial charge is 0.139 e. The molecule has 1 saturated carbocycles. The number of rotatable bonds is 4. The van der Waals surface area contributed by atoms with Gasteiger partial charge in [0.05, 0.1) is 6.04 Å². The van der Waals surface area contributed by atoms with Gasteiger partial charge in [0.2, 0.25) is 0 Å². The van der Waals surface area contributed by atoms with Crippen LogP contribution in [0.25, 0.3) is 0 Å². The molecular weight excluding hydrogens is 266 g/mol. The van der Waals surface area contributed by atoms with Crippen molar-refractivity contribution in [1.82, 2.24) is 15.5 Å². The molecule has 1 atom stereocenters. The molecule has 1 aliphatic carbocycles. The highest BCUT2D eigenvalue weighted by atomic mass is 32.1. The van der Waals surface area contributed by atoms with Gasteiger partial charge in [0, 0.05) is 5.92 Å². The molecule has 1 aromatic carbocycles. The third-order valence-corrected chi connectivity index (χ3v) is 5.23. The fraction of sp³-hybridized carbons (Fsp3) is 0.500. The van der Waals surface area contributed by atoms with Gasteiger partial charge >= 0.3 is 0 Å². The number of nitrogens with zero attached hydrogens (tertiary/aromatic N) is 2. The molecule has 2 aromatic rings. The molecule has 0 saturated heterocycles. The van der Waals surface area contributed by atoms with Crippen molar-refractivity contribution in [3.63, 3.8) is 0 Å². The lowest BCUT2D eigenvalue weighted by molar-refractivity contribution is 0.440. The Morgan fingerprint density at radius 3 is 2.55 bits per heavy atom. The van der Waals surface area contributed by atoms with Crippen molar-refractivity contribution in [2.45, 2.75) is 44.1 Å². The fourth-order valence-corrected chi connectivity index (χ4v) is 4.11. The Morgan fingerprint density at radius 1 is 1.10 bits per heavy atom. The summed E-state index contributed by atoms with van der Waals surface area (Å²) in [5, 5.41) is 14.6. The van der Waals surface area contributed by atoms with Gasteiger partial charge in [-0.15, -0.1) is 10.2 Å². The number of hydrogen-bond donors (Lipinski definition) is 1. The van der Waals surface area contributed by atoms with Crippen LogP contribution in [0, 0.1) is 0 Å². The quantitative estimate of drug-likeness (QED) is 0.927. The molecule has 106 valence electrons. The molecule has 0 radical (unpaired) electrons. The van der Waals surface area contributed by atoms with E-state index in [1.54, 1.807) is 11.3 Å². The van der Waals surface area contributed by atoms with Gasteiger partial charge in [-0.2, -0.15) is 0 Å². The molecule has 0 bridgehead atoms. The molecule has 3 nitrogen and oxygen atoms in total. The van der Waals surface area contributed by atoms with Crippen molar-refractivity contribution in [2.75, 3.05) is 7.05 Å². The van der Waals surface area contributed by atoms with E-state index >= 15 is 0 Å². The van der Waals surface area contributed by atoms with Crippen LogP contribution in [0.1, 0.15) is 59.6 Å². The molecule has 1 fully saturated rings. The topological polar surface area (TPSA) is 37.8 Å². The summed E-state index contributed by atoms with van der Waals surface area (Å²) in [5.74, 6) is 0.642. The van der Waals surface area contributed by atoms with Gasteiger partial charge in [-0.1, -0.05) is 60.9 Å². The minimum Gasteiger partial charge on any atom is -0.307 e. The first-order valence-electron chi connectivity index (χ1n) is 7.44. The van der Waals surface area contributed by atoms with Gasteiger partial charge < -0.3 is 5.32 Å². The van der Waals surface area contributed by atoms with Gasteiger partial charge in [0.1, 0.15) is 10.0 Å². The molecule has 1 N–H and O–H groups in total. The lowest BCUT2D eigenvalue weighted by atomic mass is 9.90. The third kappa shape index (κ3) is 2.91. The van der Waals surface area contributed by atoms with Crippen LogP contribution >= 0.6 is 11.3 Å². The summed E-state index contributed by atoms with van der Waals surface area (Å²) in [7, 11) is 1.99. The average Bonchev–Trinajstić information content (AvgIpc) is 3.00. The van der Waals surface area contributed by atoms with Gasteiger partial charge in [-0.3, -0.25) is 0 Å². The first kappa shape index (κ1) is 13.7. The highest BCUT2D eigenvalue weighted by Crippen LogP contribution is 2.35. The standard InChI is InChI=1S/C16H21N3S/c1-17-14(12-8-4-2-5-9-12)16-19-18-15(20-16)13-10-6-3-7-11-13/h2,4-5,8-9,13-14,17H,3,6-7,10-11H2,1H3. The molecule has 3 rings (SSSR count). The third-order valence-electron chi connectivity index (χ3n) is 4.08. The summed E-state index contributed by atoms with van der Waals surface area (Å²) >= 11 is 1.78. The lowest BCUT2D eigenvalue weighted by Crippen LogP contribution is -2.17. The summed E-state index contributed by atoms with van der Waals surface area (Å²) in [6.07, 6.45) is 6.63. The zero-order valence-electron chi connectivity index (χ0n) is 11.9. The number of benzene rings is 1. The second-order valence-electron chi connectivity index (χ2n) is 5.45. The number of aromatic nitrogens is 2. The van der Waals surface area contributed by atoms with Crippen LogP contribution in [0.5, 0.6) is 0 Å². The maximum atomic E-state index is 4.46. The molecule has 0 aliphatic heterocycles. The molecule has 1 unspecified atom stereocenters. The second-order valence-corrected chi connectivity index (χ2v) is 6.49. The largest absolute Gasteiger partial charge is 0.307 e. The first-order chi connectivity index (χ1) is 9.88. The van der Waals surface area contributed by atoms with Crippen molar-refractivity contribution in [3.05, 3.63) is 45.9 Å². The molecule has 0 spiro atoms. The maximum absolute atomic E-state index is 4.46. The Morgan fingerprint density at radius 2 is 1.85 bits per heavy atom. The van der Waals surface area contributed by atoms with Crippen molar-refractivity contribution < 1.29 is 0 Å². The van der Waals surface area contributed by atoms with Crippen LogP contribution in [0.4, 0.5) is 0 Å². The lowest BCUT2D eigenvalue weighted by Gasteiger charge is -2.18. The van der Waals surface area contributed by atoms with Crippen LogP contribution in [-0.2, 0) is 0 Å². The summed E-state index contributed by atoms with van der Waals surface area (Å²) in [4.78, 5) is 0. The summed E-state index contributed by atoms with van der Waals surface area (Å²) in [5.41, 5.74) is 1.25. The van der Waals surface area contributed by atoms with Crippen LogP contribution in [-0.4, -0.2) is 17.2 Å². The van der Waals surface area contributed by atoms with Crippen molar-refractivity contribution in [2.24, 2.45) is 0 Å². The molecule has 1 aliphatic rings. The van der Waals surface area contributed by atoms with Crippen molar-refractivity contribution >= 4 is 11.3 Å². The second kappa shape index (κ2) is 6.46. The van der Waals surface area contributed by atoms with E-state index in [1.165, 1.54) is 42.7 Å². The minimum atomic E-state index is 0.158. The number of nitrogens with one attached hydrogen (secondary N) is 1. The van der Waals surface area contributed by atoms with E-state index in [0.717, 1.165) is 5.01 Å². The van der Waals surface area contributed by atoms with E-state index in [1.807, 2.05) is 13.1 Å². The zero-order chi connectivity index (χ0) is 13.8. The first-order valence-corrected chi connectivity index (χ1v) is 8.25. The van der Waals surface area contributed by atoms with Gasteiger partial charge in [0.25, 0.3) is 0 Å². The predicted molar refractivity (Wildman–Crippen MR) is 83.1 cm³/mol. The van der Waals surface area contributed by atoms with E-state index in [4.69, 9.17) is 0 Å². The SMILES string of the molecule is CNC(c1ccccc1)c1nnc(C2CCCCC2)s1. The maximum Gasteiger partial charge on any atom is 0.139 e. The van der Waals surface area contributed by atoms with E-state index in [-0.39, 0.29) is 6.04 Å². The Bertz CT molecular complexity index is 532. The highest BCUT2D eigenvalue weighted by Gasteiger charge is 2.22. The Kier molecular flexibility index (Phi) is 4.43. The molecule has 1 aromatic heterocycles. The summed E-state index contributed by atoms with van der Waals surface area (Å²) in [6.45, 7) is 0. The van der Waals surface area contributed by atoms with Crippen molar-refractivity contribution in [3.8, 4) is 0 Å². The Labute approximate surface area is 124 Å². The van der Waals surface area contributed by atoms with Crippen LogP contribution in [0.3, 0.4) is 0 Å². The van der Waals surface area contributed by atoms with E-state index in [9.17, 15) is 0 Å². The molecule has 0 amide bonds. The Hall–Kier alpha value is -1.26. The van der Waals surface area contributed by atoms with Crippen LogP contribution in [0.2, 0.25) is 0 Å². The van der Waals surface area contributed by atoms with E-state index in [2.05, 4.69) is 39.8 Å². The minimum absolute atomic E-state index is 0.158. The van der Waals surface area contributed by atoms with E-state index < -0.39 is 0 Å². The van der Waals surface area contributed by atoms with Crippen LogP contribution in [0.15, 0.2) is 30.3 Å². The Balaban J connectivity index is 1.81. The average molecular weight is 287 g/mol.